The van der Waals surface area contributed by atoms with Crippen molar-refractivity contribution in [2.24, 2.45) is 4.99 Å². The van der Waals surface area contributed by atoms with E-state index < -0.39 is 6.23 Å². The molecule has 0 radical (unpaired) electrons. The molecule has 1 unspecified atom stereocenters. The predicted octanol–water partition coefficient (Wildman–Crippen LogP) is 1.68. The zero-order valence-electron chi connectivity index (χ0n) is 7.67. The first-order valence-corrected chi connectivity index (χ1v) is 5.12. The van der Waals surface area contributed by atoms with Gasteiger partial charge < -0.3 is 15.7 Å². The second kappa shape index (κ2) is 4.26. The van der Waals surface area contributed by atoms with Gasteiger partial charge in [-0.3, -0.25) is 0 Å². The number of nitrogens with one attached hydrogen (secondary N) is 2. The van der Waals surface area contributed by atoms with E-state index in [2.05, 4.69) is 15.6 Å². The number of rotatable bonds is 1. The predicted molar refractivity (Wildman–Crippen MR) is 61.5 cm³/mol. The standard InChI is InChI=1S/C9H9Cl2N3O/c10-5-2-1-3-6(11)8(5)14-9-12-4-7(15)13-9/h1-3,7,15H,4H2,(H2,12,13,14). The highest BCUT2D eigenvalue weighted by Crippen LogP contribution is 2.29. The van der Waals surface area contributed by atoms with E-state index >= 15 is 0 Å². The number of aliphatic imine (C=N–C) groups is 1. The fourth-order valence-electron chi connectivity index (χ4n) is 1.24. The third kappa shape index (κ3) is 2.34. The van der Waals surface area contributed by atoms with Gasteiger partial charge in [0.25, 0.3) is 0 Å². The van der Waals surface area contributed by atoms with Gasteiger partial charge in [-0.2, -0.15) is 0 Å². The molecule has 0 amide bonds. The molecule has 80 valence electrons. The number of halogens is 2. The molecule has 1 atom stereocenters. The van der Waals surface area contributed by atoms with Crippen molar-refractivity contribution in [1.29, 1.82) is 0 Å². The van der Waals surface area contributed by atoms with Gasteiger partial charge in [-0.1, -0.05) is 29.3 Å². The van der Waals surface area contributed by atoms with Crippen LogP contribution in [0.2, 0.25) is 10.0 Å². The molecular weight excluding hydrogens is 237 g/mol. The Labute approximate surface area is 96.9 Å². The normalized spacial score (nSPS) is 19.7. The number of anilines is 1. The quantitative estimate of drug-likeness (QED) is 0.706. The summed E-state index contributed by atoms with van der Waals surface area (Å²) in [6.45, 7) is 0.324. The summed E-state index contributed by atoms with van der Waals surface area (Å²) < 4.78 is 0. The van der Waals surface area contributed by atoms with Gasteiger partial charge in [0.1, 0.15) is 6.23 Å². The summed E-state index contributed by atoms with van der Waals surface area (Å²) in [4.78, 5) is 4.02. The van der Waals surface area contributed by atoms with Gasteiger partial charge in [0, 0.05) is 0 Å². The molecule has 0 fully saturated rings. The lowest BCUT2D eigenvalue weighted by atomic mass is 10.3. The van der Waals surface area contributed by atoms with Crippen LogP contribution in [0.4, 0.5) is 5.69 Å². The van der Waals surface area contributed by atoms with Gasteiger partial charge in [0.2, 0.25) is 0 Å². The lowest BCUT2D eigenvalue weighted by molar-refractivity contribution is 0.179. The molecule has 1 heterocycles. The van der Waals surface area contributed by atoms with Crippen LogP contribution in [0, 0.1) is 0 Å². The minimum atomic E-state index is -0.645. The van der Waals surface area contributed by atoms with Gasteiger partial charge in [-0.05, 0) is 12.1 Å². The Morgan fingerprint density at radius 2 is 2.07 bits per heavy atom. The number of para-hydroxylation sites is 1. The van der Waals surface area contributed by atoms with Crippen molar-refractivity contribution >= 4 is 34.8 Å². The summed E-state index contributed by atoms with van der Waals surface area (Å²) in [5, 5.41) is 15.9. The van der Waals surface area contributed by atoms with Crippen LogP contribution in [0.1, 0.15) is 0 Å². The molecule has 0 aromatic heterocycles. The number of guanidine groups is 1. The van der Waals surface area contributed by atoms with Gasteiger partial charge in [0.05, 0.1) is 22.3 Å². The number of aliphatic hydroxyl groups excluding tert-OH is 1. The summed E-state index contributed by atoms with van der Waals surface area (Å²) in [6.07, 6.45) is -0.645. The molecule has 0 bridgehead atoms. The Hall–Kier alpha value is -0.970. The van der Waals surface area contributed by atoms with Crippen LogP contribution >= 0.6 is 23.2 Å². The Bertz CT molecular complexity index is 388. The molecule has 0 spiro atoms. The SMILES string of the molecule is OC1CN=C(Nc2c(Cl)cccc2Cl)N1. The van der Waals surface area contributed by atoms with Crippen LogP contribution in [0.25, 0.3) is 0 Å². The highest BCUT2D eigenvalue weighted by Gasteiger charge is 2.15. The van der Waals surface area contributed by atoms with Crippen molar-refractivity contribution in [3.05, 3.63) is 28.2 Å². The largest absolute Gasteiger partial charge is 0.372 e. The van der Waals surface area contributed by atoms with E-state index in [-0.39, 0.29) is 0 Å². The number of benzene rings is 1. The molecule has 1 aromatic carbocycles. The Morgan fingerprint density at radius 3 is 2.60 bits per heavy atom. The zero-order valence-corrected chi connectivity index (χ0v) is 9.18. The molecule has 2 rings (SSSR count). The van der Waals surface area contributed by atoms with Crippen LogP contribution in [-0.4, -0.2) is 23.8 Å². The molecule has 1 aromatic rings. The number of nitrogens with zero attached hydrogens (tertiary/aromatic N) is 1. The summed E-state index contributed by atoms with van der Waals surface area (Å²) in [7, 11) is 0. The van der Waals surface area contributed by atoms with Crippen molar-refractivity contribution in [1.82, 2.24) is 5.32 Å². The molecular formula is C9H9Cl2N3O. The van der Waals surface area contributed by atoms with Gasteiger partial charge in [-0.25, -0.2) is 4.99 Å². The molecule has 15 heavy (non-hydrogen) atoms. The average molecular weight is 246 g/mol. The fraction of sp³-hybridized carbons (Fsp3) is 0.222. The molecule has 3 N–H and O–H groups in total. The maximum Gasteiger partial charge on any atom is 0.198 e. The zero-order chi connectivity index (χ0) is 10.8. The van der Waals surface area contributed by atoms with E-state index in [1.807, 2.05) is 0 Å². The minimum absolute atomic E-state index is 0.324. The summed E-state index contributed by atoms with van der Waals surface area (Å²) in [6, 6.07) is 5.21. The molecule has 0 saturated carbocycles. The maximum atomic E-state index is 9.18. The summed E-state index contributed by atoms with van der Waals surface area (Å²) in [5.74, 6) is 0.470. The first kappa shape index (κ1) is 10.5. The van der Waals surface area contributed by atoms with E-state index in [0.717, 1.165) is 0 Å². The second-order valence-corrected chi connectivity index (χ2v) is 3.89. The maximum absolute atomic E-state index is 9.18. The summed E-state index contributed by atoms with van der Waals surface area (Å²) >= 11 is 11.9. The molecule has 6 heteroatoms. The number of aliphatic hydroxyl groups is 1. The van der Waals surface area contributed by atoms with Crippen LogP contribution < -0.4 is 10.6 Å². The Balaban J connectivity index is 2.18. The third-order valence-electron chi connectivity index (χ3n) is 1.93. The molecule has 1 aliphatic heterocycles. The van der Waals surface area contributed by atoms with E-state index in [0.29, 0.717) is 28.2 Å². The van der Waals surface area contributed by atoms with Crippen LogP contribution in [-0.2, 0) is 0 Å². The topological polar surface area (TPSA) is 56.7 Å². The Kier molecular flexibility index (Phi) is 3.00. The first-order chi connectivity index (χ1) is 7.16. The molecule has 0 saturated heterocycles. The lowest BCUT2D eigenvalue weighted by Gasteiger charge is -2.11. The van der Waals surface area contributed by atoms with Gasteiger partial charge >= 0.3 is 0 Å². The van der Waals surface area contributed by atoms with E-state index in [9.17, 15) is 5.11 Å². The van der Waals surface area contributed by atoms with Crippen LogP contribution in [0.15, 0.2) is 23.2 Å². The highest BCUT2D eigenvalue weighted by molar-refractivity contribution is 6.39. The Morgan fingerprint density at radius 1 is 1.40 bits per heavy atom. The van der Waals surface area contributed by atoms with Crippen LogP contribution in [0.5, 0.6) is 0 Å². The third-order valence-corrected chi connectivity index (χ3v) is 2.56. The van der Waals surface area contributed by atoms with Crippen molar-refractivity contribution in [2.75, 3.05) is 11.9 Å². The first-order valence-electron chi connectivity index (χ1n) is 4.37. The molecule has 1 aliphatic rings. The average Bonchev–Trinajstić information content (AvgIpc) is 2.58. The lowest BCUT2D eigenvalue weighted by Crippen LogP contribution is -2.34. The van der Waals surface area contributed by atoms with E-state index in [1.54, 1.807) is 18.2 Å². The van der Waals surface area contributed by atoms with E-state index in [1.165, 1.54) is 0 Å². The van der Waals surface area contributed by atoms with Gasteiger partial charge in [0.15, 0.2) is 5.96 Å². The van der Waals surface area contributed by atoms with Crippen molar-refractivity contribution in [3.8, 4) is 0 Å². The highest BCUT2D eigenvalue weighted by atomic mass is 35.5. The van der Waals surface area contributed by atoms with Crippen molar-refractivity contribution < 1.29 is 5.11 Å². The monoisotopic (exact) mass is 245 g/mol. The second-order valence-electron chi connectivity index (χ2n) is 3.07. The van der Waals surface area contributed by atoms with E-state index in [4.69, 9.17) is 23.2 Å². The smallest absolute Gasteiger partial charge is 0.198 e. The molecule has 4 nitrogen and oxygen atoms in total. The molecule has 0 aliphatic carbocycles. The number of hydrogen-bond acceptors (Lipinski definition) is 4. The number of hydrogen-bond donors (Lipinski definition) is 3. The van der Waals surface area contributed by atoms with Crippen LogP contribution in [0.3, 0.4) is 0 Å². The summed E-state index contributed by atoms with van der Waals surface area (Å²) in [5.41, 5.74) is 0.584. The van der Waals surface area contributed by atoms with Gasteiger partial charge in [-0.15, -0.1) is 0 Å². The van der Waals surface area contributed by atoms with Crippen molar-refractivity contribution in [3.63, 3.8) is 0 Å². The minimum Gasteiger partial charge on any atom is -0.372 e. The van der Waals surface area contributed by atoms with Crippen molar-refractivity contribution in [2.45, 2.75) is 6.23 Å². The fourth-order valence-corrected chi connectivity index (χ4v) is 1.73.